The molecule has 0 amide bonds. The number of anilines is 1. The Morgan fingerprint density at radius 2 is 2.29 bits per heavy atom. The minimum absolute atomic E-state index is 0.350. The molecule has 0 atom stereocenters. The number of aromatic nitrogens is 1. The minimum atomic E-state index is -0.749. The lowest BCUT2D eigenvalue weighted by atomic mass is 9.94. The van der Waals surface area contributed by atoms with E-state index in [2.05, 4.69) is 10.3 Å². The molecule has 0 aliphatic carbocycles. The summed E-state index contributed by atoms with van der Waals surface area (Å²) in [5.74, 6) is 0. The van der Waals surface area contributed by atoms with Gasteiger partial charge in [0.05, 0.1) is 11.3 Å². The fraction of sp³-hybridized carbons (Fsp3) is 0.500. The molecular weight excluding hydrogens is 218 g/mol. The molecule has 1 aliphatic heterocycles. The van der Waals surface area contributed by atoms with Crippen molar-refractivity contribution in [3.8, 4) is 6.07 Å². The molecule has 5 nitrogen and oxygen atoms in total. The van der Waals surface area contributed by atoms with Gasteiger partial charge in [0, 0.05) is 38.8 Å². The average molecular weight is 233 g/mol. The molecule has 1 aromatic heterocycles. The lowest BCUT2D eigenvalue weighted by molar-refractivity contribution is -0.0543. The molecule has 1 fully saturated rings. The van der Waals surface area contributed by atoms with Gasteiger partial charge in [-0.3, -0.25) is 0 Å². The van der Waals surface area contributed by atoms with Gasteiger partial charge in [0.2, 0.25) is 0 Å². The molecule has 0 saturated carbocycles. The number of rotatable bonds is 3. The van der Waals surface area contributed by atoms with Crippen LogP contribution in [0.15, 0.2) is 18.3 Å². The van der Waals surface area contributed by atoms with E-state index in [-0.39, 0.29) is 0 Å². The molecule has 90 valence electrons. The van der Waals surface area contributed by atoms with Crippen molar-refractivity contribution in [1.82, 2.24) is 4.98 Å². The molecule has 0 spiro atoms. The van der Waals surface area contributed by atoms with Crippen LogP contribution in [0.4, 0.5) is 5.69 Å². The van der Waals surface area contributed by atoms with Crippen LogP contribution >= 0.6 is 0 Å². The van der Waals surface area contributed by atoms with E-state index in [4.69, 9.17) is 10.00 Å². The lowest BCUT2D eigenvalue weighted by Crippen LogP contribution is -2.42. The number of nitriles is 1. The van der Waals surface area contributed by atoms with Crippen LogP contribution in [-0.2, 0) is 4.74 Å². The molecule has 0 unspecified atom stereocenters. The summed E-state index contributed by atoms with van der Waals surface area (Å²) in [5, 5.41) is 22.2. The van der Waals surface area contributed by atoms with E-state index in [1.54, 1.807) is 18.3 Å². The molecule has 0 radical (unpaired) electrons. The molecular formula is C12H15N3O2. The molecule has 1 saturated heterocycles. The van der Waals surface area contributed by atoms with Crippen LogP contribution in [0.1, 0.15) is 18.5 Å². The Balaban J connectivity index is 2.00. The average Bonchev–Trinajstić information content (AvgIpc) is 2.38. The van der Waals surface area contributed by atoms with Crippen molar-refractivity contribution < 1.29 is 9.84 Å². The molecule has 1 aromatic rings. The van der Waals surface area contributed by atoms with Crippen LogP contribution in [0.25, 0.3) is 0 Å². The fourth-order valence-electron chi connectivity index (χ4n) is 1.82. The van der Waals surface area contributed by atoms with Crippen LogP contribution in [0.5, 0.6) is 0 Å². The summed E-state index contributed by atoms with van der Waals surface area (Å²) >= 11 is 0. The Kier molecular flexibility index (Phi) is 3.57. The standard InChI is InChI=1S/C12H15N3O2/c13-8-11-10(2-1-5-14-11)15-9-12(16)3-6-17-7-4-12/h1-2,5,15-16H,3-4,6-7,9H2. The summed E-state index contributed by atoms with van der Waals surface area (Å²) in [6.07, 6.45) is 2.80. The maximum Gasteiger partial charge on any atom is 0.163 e. The quantitative estimate of drug-likeness (QED) is 0.811. The van der Waals surface area contributed by atoms with Gasteiger partial charge in [-0.2, -0.15) is 5.26 Å². The monoisotopic (exact) mass is 233 g/mol. The van der Waals surface area contributed by atoms with Crippen LogP contribution in [0, 0.1) is 11.3 Å². The molecule has 0 aromatic carbocycles. The zero-order chi connectivity index (χ0) is 12.1. The second kappa shape index (κ2) is 5.13. The maximum absolute atomic E-state index is 10.3. The van der Waals surface area contributed by atoms with Gasteiger partial charge < -0.3 is 15.2 Å². The summed E-state index contributed by atoms with van der Waals surface area (Å²) < 4.78 is 5.21. The van der Waals surface area contributed by atoms with Gasteiger partial charge in [0.1, 0.15) is 6.07 Å². The molecule has 0 bridgehead atoms. The van der Waals surface area contributed by atoms with E-state index >= 15 is 0 Å². The van der Waals surface area contributed by atoms with Gasteiger partial charge in [-0.1, -0.05) is 0 Å². The number of aliphatic hydroxyl groups is 1. The first-order chi connectivity index (χ1) is 8.23. The number of pyridine rings is 1. The first kappa shape index (κ1) is 11.8. The topological polar surface area (TPSA) is 78.2 Å². The van der Waals surface area contributed by atoms with Gasteiger partial charge in [-0.25, -0.2) is 4.98 Å². The lowest BCUT2D eigenvalue weighted by Gasteiger charge is -2.32. The van der Waals surface area contributed by atoms with Gasteiger partial charge in [-0.05, 0) is 12.1 Å². The van der Waals surface area contributed by atoms with E-state index < -0.39 is 5.60 Å². The zero-order valence-corrected chi connectivity index (χ0v) is 9.52. The second-order valence-corrected chi connectivity index (χ2v) is 4.20. The smallest absolute Gasteiger partial charge is 0.163 e. The van der Waals surface area contributed by atoms with Crippen molar-refractivity contribution in [3.05, 3.63) is 24.0 Å². The molecule has 2 heterocycles. The zero-order valence-electron chi connectivity index (χ0n) is 9.52. The van der Waals surface area contributed by atoms with Gasteiger partial charge in [0.15, 0.2) is 5.69 Å². The Labute approximate surface area is 100 Å². The summed E-state index contributed by atoms with van der Waals surface area (Å²) in [6, 6.07) is 5.56. The highest BCUT2D eigenvalue weighted by molar-refractivity contribution is 5.53. The highest BCUT2D eigenvalue weighted by atomic mass is 16.5. The van der Waals surface area contributed by atoms with Crippen molar-refractivity contribution in [2.75, 3.05) is 25.1 Å². The Hall–Kier alpha value is -1.64. The van der Waals surface area contributed by atoms with Crippen LogP contribution < -0.4 is 5.32 Å². The van der Waals surface area contributed by atoms with Crippen molar-refractivity contribution in [2.45, 2.75) is 18.4 Å². The predicted octanol–water partition coefficient (Wildman–Crippen LogP) is 0.907. The van der Waals surface area contributed by atoms with Crippen LogP contribution in [0.3, 0.4) is 0 Å². The Morgan fingerprint density at radius 3 is 3.00 bits per heavy atom. The van der Waals surface area contributed by atoms with Gasteiger partial charge >= 0.3 is 0 Å². The summed E-state index contributed by atoms with van der Waals surface area (Å²) in [5.41, 5.74) is 0.263. The number of hydrogen-bond donors (Lipinski definition) is 2. The number of nitrogens with one attached hydrogen (secondary N) is 1. The highest BCUT2D eigenvalue weighted by Gasteiger charge is 2.29. The van der Waals surface area contributed by atoms with E-state index in [9.17, 15) is 5.11 Å². The summed E-state index contributed by atoms with van der Waals surface area (Å²) in [4.78, 5) is 3.95. The van der Waals surface area contributed by atoms with Crippen LogP contribution in [0.2, 0.25) is 0 Å². The van der Waals surface area contributed by atoms with Crippen LogP contribution in [-0.4, -0.2) is 35.5 Å². The van der Waals surface area contributed by atoms with Gasteiger partial charge in [-0.15, -0.1) is 0 Å². The molecule has 2 N–H and O–H groups in total. The van der Waals surface area contributed by atoms with Crippen molar-refractivity contribution in [3.63, 3.8) is 0 Å². The molecule has 17 heavy (non-hydrogen) atoms. The number of hydrogen-bond acceptors (Lipinski definition) is 5. The molecule has 1 aliphatic rings. The third-order valence-electron chi connectivity index (χ3n) is 2.95. The van der Waals surface area contributed by atoms with Gasteiger partial charge in [0.25, 0.3) is 0 Å². The largest absolute Gasteiger partial charge is 0.388 e. The summed E-state index contributed by atoms with van der Waals surface area (Å²) in [7, 11) is 0. The summed E-state index contributed by atoms with van der Waals surface area (Å²) in [6.45, 7) is 1.57. The normalized spacial score (nSPS) is 18.4. The molecule has 2 rings (SSSR count). The van der Waals surface area contributed by atoms with E-state index in [1.165, 1.54) is 0 Å². The number of ether oxygens (including phenoxy) is 1. The maximum atomic E-state index is 10.3. The first-order valence-electron chi connectivity index (χ1n) is 5.63. The minimum Gasteiger partial charge on any atom is -0.388 e. The van der Waals surface area contributed by atoms with E-state index in [0.29, 0.717) is 44.0 Å². The van der Waals surface area contributed by atoms with Crippen molar-refractivity contribution >= 4 is 5.69 Å². The van der Waals surface area contributed by atoms with Crippen molar-refractivity contribution in [2.24, 2.45) is 0 Å². The first-order valence-corrected chi connectivity index (χ1v) is 5.63. The molecule has 5 heteroatoms. The fourth-order valence-corrected chi connectivity index (χ4v) is 1.82. The third-order valence-corrected chi connectivity index (χ3v) is 2.95. The predicted molar refractivity (Wildman–Crippen MR) is 62.4 cm³/mol. The second-order valence-electron chi connectivity index (χ2n) is 4.20. The SMILES string of the molecule is N#Cc1ncccc1NCC1(O)CCOCC1. The van der Waals surface area contributed by atoms with Crippen molar-refractivity contribution in [1.29, 1.82) is 5.26 Å². The third kappa shape index (κ3) is 2.93. The Morgan fingerprint density at radius 1 is 1.53 bits per heavy atom. The number of nitrogens with zero attached hydrogens (tertiary/aromatic N) is 2. The Bertz CT molecular complexity index is 422. The van der Waals surface area contributed by atoms with E-state index in [0.717, 1.165) is 0 Å². The van der Waals surface area contributed by atoms with E-state index in [1.807, 2.05) is 6.07 Å². The highest BCUT2D eigenvalue weighted by Crippen LogP contribution is 2.21.